The molecular weight excluding hydrogens is 418 g/mol. The lowest BCUT2D eigenvalue weighted by Gasteiger charge is -2.21. The molecule has 0 spiro atoms. The zero-order valence-electron chi connectivity index (χ0n) is 16.2. The minimum Gasteiger partial charge on any atom is -0.478 e. The largest absolute Gasteiger partial charge is 0.478 e. The van der Waals surface area contributed by atoms with Crippen molar-refractivity contribution in [3.63, 3.8) is 0 Å². The van der Waals surface area contributed by atoms with Gasteiger partial charge in [-0.2, -0.15) is 17.2 Å². The number of rotatable bonds is 7. The fraction of sp³-hybridized carbons (Fsp3) is 0.471. The van der Waals surface area contributed by atoms with Crippen LogP contribution in [0.4, 0.5) is 8.78 Å². The predicted molar refractivity (Wildman–Crippen MR) is 94.7 cm³/mol. The van der Waals surface area contributed by atoms with Gasteiger partial charge in [-0.15, -0.1) is 0 Å². The molecule has 0 aromatic heterocycles. The van der Waals surface area contributed by atoms with Gasteiger partial charge in [0.1, 0.15) is 0 Å². The highest BCUT2D eigenvalue weighted by molar-refractivity contribution is 7.86. The van der Waals surface area contributed by atoms with Crippen molar-refractivity contribution in [2.45, 2.75) is 46.0 Å². The van der Waals surface area contributed by atoms with Gasteiger partial charge in [0.05, 0.1) is 11.1 Å². The van der Waals surface area contributed by atoms with E-state index in [1.807, 2.05) is 0 Å². The minimum absolute atomic E-state index is 0.301. The Kier molecular flexibility index (Phi) is 7.09. The number of ether oxygens (including phenoxy) is 2. The van der Waals surface area contributed by atoms with Crippen LogP contribution in [-0.4, -0.2) is 54.0 Å². The monoisotopic (exact) mass is 438 g/mol. The van der Waals surface area contributed by atoms with Crippen molar-refractivity contribution in [3.8, 4) is 0 Å². The van der Waals surface area contributed by atoms with Crippen molar-refractivity contribution in [2.75, 3.05) is 6.61 Å². The molecule has 9 nitrogen and oxygen atoms in total. The maximum Gasteiger partial charge on any atom is 0.405 e. The number of aromatic carboxylic acids is 1. The van der Waals surface area contributed by atoms with Gasteiger partial charge in [0.15, 0.2) is 12.7 Å². The Balaban J connectivity index is 3.05. The molecule has 0 radical (unpaired) electrons. The maximum atomic E-state index is 13.4. The van der Waals surface area contributed by atoms with Crippen molar-refractivity contribution in [1.29, 1.82) is 0 Å². The van der Waals surface area contributed by atoms with Gasteiger partial charge in [0.25, 0.3) is 0 Å². The van der Waals surface area contributed by atoms with E-state index >= 15 is 0 Å². The van der Waals surface area contributed by atoms with Crippen LogP contribution in [0.5, 0.6) is 0 Å². The highest BCUT2D eigenvalue weighted by Gasteiger charge is 2.52. The topological polar surface area (TPSA) is 144 Å². The molecule has 1 rings (SSSR count). The van der Waals surface area contributed by atoms with Gasteiger partial charge in [-0.05, 0) is 56.9 Å². The quantitative estimate of drug-likeness (QED) is 0.483. The van der Waals surface area contributed by atoms with Crippen LogP contribution in [0.15, 0.2) is 0 Å². The summed E-state index contributed by atoms with van der Waals surface area (Å²) in [6.45, 7) is 5.65. The molecule has 29 heavy (non-hydrogen) atoms. The van der Waals surface area contributed by atoms with Gasteiger partial charge in [-0.25, -0.2) is 14.4 Å². The Morgan fingerprint density at radius 2 is 1.45 bits per heavy atom. The number of halogens is 2. The number of benzene rings is 1. The lowest BCUT2D eigenvalue weighted by atomic mass is 9.89. The summed E-state index contributed by atoms with van der Waals surface area (Å²) in [6.07, 6.45) is -2.57. The van der Waals surface area contributed by atoms with E-state index in [0.29, 0.717) is 29.2 Å². The lowest BCUT2D eigenvalue weighted by Crippen LogP contribution is -2.42. The molecule has 1 unspecified atom stereocenters. The van der Waals surface area contributed by atoms with E-state index in [0.717, 1.165) is 0 Å². The summed E-state index contributed by atoms with van der Waals surface area (Å²) in [5.74, 6) is -4.12. The zero-order chi connectivity index (χ0) is 22.9. The standard InChI is InChI=1S/C17H20F2O9S/c1-7-8(2)10(4)14(13(9(7)3)15(21)22)16(23)27-6-12(20)28-11(5)17(18,19)29(24,25)26/h11H,6H2,1-5H3,(H,21,22)(H,24,25,26). The van der Waals surface area contributed by atoms with Crippen molar-refractivity contribution in [1.82, 2.24) is 0 Å². The number of carbonyl (C=O) groups is 3. The van der Waals surface area contributed by atoms with Crippen molar-refractivity contribution in [2.24, 2.45) is 0 Å². The Labute approximate surface area is 165 Å². The summed E-state index contributed by atoms with van der Waals surface area (Å²) in [7, 11) is -5.84. The molecule has 0 aliphatic heterocycles. The number of hydrogen-bond acceptors (Lipinski definition) is 7. The Morgan fingerprint density at radius 1 is 1.00 bits per heavy atom. The molecule has 2 N–H and O–H groups in total. The van der Waals surface area contributed by atoms with Crippen LogP contribution in [-0.2, 0) is 24.4 Å². The van der Waals surface area contributed by atoms with Gasteiger partial charge < -0.3 is 14.6 Å². The van der Waals surface area contributed by atoms with Gasteiger partial charge >= 0.3 is 33.3 Å². The van der Waals surface area contributed by atoms with Crippen LogP contribution in [0.3, 0.4) is 0 Å². The van der Waals surface area contributed by atoms with E-state index in [4.69, 9.17) is 4.55 Å². The molecule has 1 atom stereocenters. The fourth-order valence-electron chi connectivity index (χ4n) is 2.54. The summed E-state index contributed by atoms with van der Waals surface area (Å²) in [5.41, 5.74) is 1.27. The lowest BCUT2D eigenvalue weighted by molar-refractivity contribution is -0.162. The van der Waals surface area contributed by atoms with Gasteiger partial charge in [0.2, 0.25) is 0 Å². The minimum atomic E-state index is -5.84. The summed E-state index contributed by atoms with van der Waals surface area (Å²) >= 11 is 0. The first-order chi connectivity index (χ1) is 13.0. The SMILES string of the molecule is Cc1c(C)c(C)c(C(=O)OCC(=O)OC(C)C(F)(F)S(=O)(=O)O)c(C(=O)O)c1C. The summed E-state index contributed by atoms with van der Waals surface area (Å²) < 4.78 is 65.4. The number of esters is 2. The molecule has 0 aliphatic rings. The molecule has 0 bridgehead atoms. The normalized spacial score (nSPS) is 13.0. The van der Waals surface area contributed by atoms with Crippen LogP contribution in [0.1, 0.15) is 49.9 Å². The van der Waals surface area contributed by atoms with Crippen LogP contribution < -0.4 is 0 Å². The summed E-state index contributed by atoms with van der Waals surface area (Å²) in [6, 6.07) is 0. The molecule has 0 fully saturated rings. The predicted octanol–water partition coefficient (Wildman–Crippen LogP) is 2.19. The van der Waals surface area contributed by atoms with Crippen molar-refractivity contribution in [3.05, 3.63) is 33.4 Å². The number of alkyl halides is 2. The van der Waals surface area contributed by atoms with Crippen LogP contribution >= 0.6 is 0 Å². The highest BCUT2D eigenvalue weighted by Crippen LogP contribution is 2.28. The molecule has 0 heterocycles. The average Bonchev–Trinajstić information content (AvgIpc) is 2.59. The van der Waals surface area contributed by atoms with Crippen LogP contribution in [0, 0.1) is 27.7 Å². The van der Waals surface area contributed by atoms with E-state index in [9.17, 15) is 36.7 Å². The third kappa shape index (κ3) is 4.88. The Hall–Kier alpha value is -2.60. The molecule has 1 aromatic rings. The maximum absolute atomic E-state index is 13.4. The first-order valence-corrected chi connectivity index (χ1v) is 9.53. The number of hydrogen-bond donors (Lipinski definition) is 2. The van der Waals surface area contributed by atoms with E-state index in [1.165, 1.54) is 13.8 Å². The molecule has 162 valence electrons. The Bertz CT molecular complexity index is 968. The van der Waals surface area contributed by atoms with Crippen LogP contribution in [0.2, 0.25) is 0 Å². The summed E-state index contributed by atoms with van der Waals surface area (Å²) in [4.78, 5) is 35.6. The van der Waals surface area contributed by atoms with E-state index in [1.54, 1.807) is 13.8 Å². The molecule has 1 aromatic carbocycles. The Morgan fingerprint density at radius 3 is 1.86 bits per heavy atom. The molecule has 0 aliphatic carbocycles. The van der Waals surface area contributed by atoms with E-state index < -0.39 is 46.0 Å². The van der Waals surface area contributed by atoms with Crippen molar-refractivity contribution < 1.29 is 50.7 Å². The second-order valence-electron chi connectivity index (χ2n) is 6.30. The third-order valence-electron chi connectivity index (χ3n) is 4.55. The fourth-order valence-corrected chi connectivity index (χ4v) is 3.01. The first-order valence-electron chi connectivity index (χ1n) is 8.09. The molecule has 0 saturated heterocycles. The van der Waals surface area contributed by atoms with Crippen molar-refractivity contribution >= 4 is 28.0 Å². The molecule has 12 heteroatoms. The number of carbonyl (C=O) groups excluding carboxylic acids is 2. The van der Waals surface area contributed by atoms with Gasteiger partial charge in [0, 0.05) is 0 Å². The number of carboxylic acids is 1. The first kappa shape index (κ1) is 24.4. The van der Waals surface area contributed by atoms with E-state index in [-0.39, 0.29) is 11.1 Å². The zero-order valence-corrected chi connectivity index (χ0v) is 17.0. The molecular formula is C17H20F2O9S. The van der Waals surface area contributed by atoms with Crippen LogP contribution in [0.25, 0.3) is 0 Å². The number of carboxylic acid groups (broad SMARTS) is 1. The average molecular weight is 438 g/mol. The van der Waals surface area contributed by atoms with Gasteiger partial charge in [-0.3, -0.25) is 4.55 Å². The second kappa shape index (κ2) is 8.41. The highest BCUT2D eigenvalue weighted by atomic mass is 32.2. The van der Waals surface area contributed by atoms with Gasteiger partial charge in [-0.1, -0.05) is 0 Å². The van der Waals surface area contributed by atoms with E-state index in [2.05, 4.69) is 9.47 Å². The second-order valence-corrected chi connectivity index (χ2v) is 7.79. The summed E-state index contributed by atoms with van der Waals surface area (Å²) in [5, 5.41) is 4.66. The third-order valence-corrected chi connectivity index (χ3v) is 5.57. The molecule has 0 saturated carbocycles. The molecule has 0 amide bonds. The smallest absolute Gasteiger partial charge is 0.405 e.